The molecule has 0 aromatic heterocycles. The molecule has 0 radical (unpaired) electrons. The van der Waals surface area contributed by atoms with Crippen LogP contribution in [0.3, 0.4) is 0 Å². The van der Waals surface area contributed by atoms with E-state index in [4.69, 9.17) is 9.79 Å². The minimum atomic E-state index is -3.88. The molecule has 0 unspecified atom stereocenters. The van der Waals surface area contributed by atoms with Gasteiger partial charge in [0, 0.05) is 0 Å². The van der Waals surface area contributed by atoms with Gasteiger partial charge in [0.15, 0.2) is 0 Å². The normalized spacial score (nSPS) is 18.7. The van der Waals surface area contributed by atoms with Gasteiger partial charge >= 0.3 is 6.03 Å². The van der Waals surface area contributed by atoms with E-state index < -0.39 is 25.1 Å². The van der Waals surface area contributed by atoms with Crippen molar-refractivity contribution >= 4 is 30.4 Å². The number of hydrogen-bond donors (Lipinski definition) is 2. The van der Waals surface area contributed by atoms with Gasteiger partial charge < -0.3 is 9.79 Å². The van der Waals surface area contributed by atoms with Crippen LogP contribution in [0.25, 0.3) is 0 Å². The number of imide groups is 1. The van der Waals surface area contributed by atoms with Crippen molar-refractivity contribution in [3.8, 4) is 0 Å². The maximum atomic E-state index is 11.1. The Kier molecular flexibility index (Phi) is 2.69. The molecule has 7 nitrogen and oxygen atoms in total. The van der Waals surface area contributed by atoms with Crippen LogP contribution < -0.4 is 0 Å². The molecule has 0 bridgehead atoms. The van der Waals surface area contributed by atoms with Crippen molar-refractivity contribution in [2.75, 3.05) is 13.7 Å². The number of nitrogens with zero attached hydrogens (tertiary/aromatic N) is 2. The molecule has 2 N–H and O–H groups in total. The summed E-state index contributed by atoms with van der Waals surface area (Å²) in [7, 11) is 1.12. The van der Waals surface area contributed by atoms with Gasteiger partial charge in [-0.25, -0.2) is 9.46 Å². The lowest BCUT2D eigenvalue weighted by molar-refractivity contribution is -0.153. The molecule has 1 rings (SSSR count). The van der Waals surface area contributed by atoms with Gasteiger partial charge in [-0.15, -0.1) is 5.06 Å². The fourth-order valence-corrected chi connectivity index (χ4v) is 1.85. The summed E-state index contributed by atoms with van der Waals surface area (Å²) < 4.78 is 0.508. The van der Waals surface area contributed by atoms with Crippen LogP contribution in [0.1, 0.15) is 0 Å². The molecule has 3 amide bonds. The van der Waals surface area contributed by atoms with E-state index in [1.54, 1.807) is 0 Å². The zero-order valence-electron chi connectivity index (χ0n) is 6.58. The van der Waals surface area contributed by atoms with E-state index in [0.717, 1.165) is 7.11 Å². The highest BCUT2D eigenvalue weighted by atomic mass is 32.5. The van der Waals surface area contributed by atoms with E-state index in [2.05, 4.69) is 16.6 Å². The van der Waals surface area contributed by atoms with Crippen LogP contribution in [0, 0.1) is 0 Å². The monoisotopic (exact) mass is 226 g/mol. The van der Waals surface area contributed by atoms with Gasteiger partial charge in [0.1, 0.15) is 6.54 Å². The molecule has 0 aliphatic carbocycles. The topological polar surface area (TPSA) is 90.3 Å². The Morgan fingerprint density at radius 1 is 1.54 bits per heavy atom. The van der Waals surface area contributed by atoms with Crippen molar-refractivity contribution in [3.05, 3.63) is 0 Å². The van der Waals surface area contributed by atoms with Gasteiger partial charge in [-0.1, -0.05) is 0 Å². The molecule has 1 heterocycles. The lowest BCUT2D eigenvalue weighted by Crippen LogP contribution is -2.30. The van der Waals surface area contributed by atoms with E-state index in [0.29, 0.717) is 9.73 Å². The van der Waals surface area contributed by atoms with Gasteiger partial charge in [-0.3, -0.25) is 9.63 Å². The first-order valence-corrected chi connectivity index (χ1v) is 5.78. The summed E-state index contributed by atoms with van der Waals surface area (Å²) in [6.45, 7) is -4.34. The molecule has 1 fully saturated rings. The third-order valence-corrected chi connectivity index (χ3v) is 2.94. The Morgan fingerprint density at radius 2 is 2.08 bits per heavy atom. The van der Waals surface area contributed by atoms with Crippen molar-refractivity contribution in [2.24, 2.45) is 0 Å². The molecule has 1 aliphatic rings. The Balaban J connectivity index is 2.92. The Bertz CT molecular complexity index is 301. The lowest BCUT2D eigenvalue weighted by Gasteiger charge is -2.18. The smallest absolute Gasteiger partial charge is 0.329 e. The van der Waals surface area contributed by atoms with Gasteiger partial charge in [0.25, 0.3) is 12.5 Å². The van der Waals surface area contributed by atoms with Crippen LogP contribution in [0.2, 0.25) is 0 Å². The second-order valence-corrected chi connectivity index (χ2v) is 5.20. The maximum absolute atomic E-state index is 11.1. The summed E-state index contributed by atoms with van der Waals surface area (Å²) in [5, 5.41) is 0.424. The van der Waals surface area contributed by atoms with Crippen molar-refractivity contribution < 1.29 is 24.2 Å². The molecule has 74 valence electrons. The van der Waals surface area contributed by atoms with Crippen molar-refractivity contribution in [3.63, 3.8) is 0 Å². The molecule has 0 atom stereocenters. The molecule has 0 aromatic rings. The van der Waals surface area contributed by atoms with Crippen LogP contribution in [-0.4, -0.2) is 45.1 Å². The van der Waals surface area contributed by atoms with Crippen molar-refractivity contribution in [1.29, 1.82) is 0 Å². The average molecular weight is 226 g/mol. The average Bonchev–Trinajstić information content (AvgIpc) is 2.25. The predicted molar refractivity (Wildman–Crippen MR) is 44.7 cm³/mol. The third-order valence-electron chi connectivity index (χ3n) is 1.40. The molecule has 0 aromatic carbocycles. The summed E-state index contributed by atoms with van der Waals surface area (Å²) in [6.07, 6.45) is 0. The second kappa shape index (κ2) is 3.32. The minimum Gasteiger partial charge on any atom is -0.329 e. The number of urea groups is 1. The highest BCUT2D eigenvalue weighted by Crippen LogP contribution is 2.43. The largest absolute Gasteiger partial charge is 0.359 e. The third kappa shape index (κ3) is 1.87. The predicted octanol–water partition coefficient (Wildman–Crippen LogP) is -0.979. The number of hydroxylamine groups is 2. The van der Waals surface area contributed by atoms with E-state index in [9.17, 15) is 9.59 Å². The summed E-state index contributed by atoms with van der Waals surface area (Å²) >= 11 is 4.27. The van der Waals surface area contributed by atoms with Gasteiger partial charge in [-0.2, -0.15) is 0 Å². The first-order valence-electron chi connectivity index (χ1n) is 3.12. The highest BCUT2D eigenvalue weighted by molar-refractivity contribution is 8.08. The van der Waals surface area contributed by atoms with Gasteiger partial charge in [0.05, 0.1) is 7.11 Å². The van der Waals surface area contributed by atoms with Crippen LogP contribution >= 0.6 is 6.64 Å². The minimum absolute atomic E-state index is 0.424. The first-order chi connectivity index (χ1) is 5.88. The molecular formula is C4H7N2O5PS. The van der Waals surface area contributed by atoms with E-state index in [1.807, 2.05) is 0 Å². The lowest BCUT2D eigenvalue weighted by atomic mass is 10.7. The Hall–Kier alpha value is -0.530. The molecule has 13 heavy (non-hydrogen) atoms. The van der Waals surface area contributed by atoms with E-state index in [-0.39, 0.29) is 0 Å². The van der Waals surface area contributed by atoms with Gasteiger partial charge in [0.2, 0.25) is 0 Å². The molecule has 0 saturated carbocycles. The zero-order chi connectivity index (χ0) is 10.2. The summed E-state index contributed by atoms with van der Waals surface area (Å²) in [5.74, 6) is -0.676. The molecular weight excluding hydrogens is 219 g/mol. The summed E-state index contributed by atoms with van der Waals surface area (Å²) in [6, 6.07) is -0.944. The standard InChI is InChI=1S/C4H7N2O5PS/c1-11-6-3(7)2-5(4(6)8)12(9,10)13/h2H2,1H3,(H2,9,10,13). The van der Waals surface area contributed by atoms with E-state index >= 15 is 0 Å². The van der Waals surface area contributed by atoms with Crippen molar-refractivity contribution in [1.82, 2.24) is 9.73 Å². The van der Waals surface area contributed by atoms with E-state index in [1.165, 1.54) is 0 Å². The SMILES string of the molecule is CON1C(=O)CN(P(O)(O)=S)C1=O. The molecule has 1 aliphatic heterocycles. The quantitative estimate of drug-likeness (QED) is 0.464. The molecule has 0 spiro atoms. The van der Waals surface area contributed by atoms with Crippen LogP contribution in [0.4, 0.5) is 4.79 Å². The van der Waals surface area contributed by atoms with Crippen molar-refractivity contribution in [2.45, 2.75) is 0 Å². The fraction of sp³-hybridized carbons (Fsp3) is 0.500. The fourth-order valence-electron chi connectivity index (χ4n) is 0.855. The van der Waals surface area contributed by atoms with Gasteiger partial charge in [-0.05, 0) is 11.8 Å². The summed E-state index contributed by atoms with van der Waals surface area (Å²) in [5.41, 5.74) is 0. The van der Waals surface area contributed by atoms with Crippen LogP contribution in [0.15, 0.2) is 0 Å². The number of hydrogen-bond acceptors (Lipinski definition) is 4. The van der Waals surface area contributed by atoms with Crippen LogP contribution in [0.5, 0.6) is 0 Å². The highest BCUT2D eigenvalue weighted by Gasteiger charge is 2.42. The Labute approximate surface area is 78.7 Å². The Morgan fingerprint density at radius 3 is 2.31 bits per heavy atom. The van der Waals surface area contributed by atoms with Crippen LogP contribution in [-0.2, 0) is 21.4 Å². The second-order valence-electron chi connectivity index (χ2n) is 2.22. The number of amides is 3. The zero-order valence-corrected chi connectivity index (χ0v) is 8.29. The number of rotatable bonds is 2. The number of carbonyl (C=O) groups is 2. The number of carbonyl (C=O) groups excluding carboxylic acids is 2. The molecule has 9 heteroatoms. The maximum Gasteiger partial charge on any atom is 0.359 e. The summed E-state index contributed by atoms with van der Waals surface area (Å²) in [4.78, 5) is 44.4. The first kappa shape index (κ1) is 10.6. The molecule has 1 saturated heterocycles.